The van der Waals surface area contributed by atoms with E-state index in [1.54, 1.807) is 11.3 Å². The third-order valence-electron chi connectivity index (χ3n) is 2.97. The first-order chi connectivity index (χ1) is 8.88. The van der Waals surface area contributed by atoms with Crippen LogP contribution in [0, 0.1) is 5.92 Å². The van der Waals surface area contributed by atoms with Crippen molar-refractivity contribution in [3.8, 4) is 0 Å². The van der Waals surface area contributed by atoms with Gasteiger partial charge in [-0.05, 0) is 32.6 Å². The zero-order valence-electron chi connectivity index (χ0n) is 12.2. The maximum Gasteiger partial charge on any atom is 0.317 e. The highest BCUT2D eigenvalue weighted by atomic mass is 32.1. The zero-order valence-corrected chi connectivity index (χ0v) is 13.0. The molecule has 1 heterocycles. The van der Waals surface area contributed by atoms with Crippen molar-refractivity contribution < 1.29 is 9.90 Å². The zero-order chi connectivity index (χ0) is 14.4. The van der Waals surface area contributed by atoms with Crippen molar-refractivity contribution in [1.29, 1.82) is 0 Å². The van der Waals surface area contributed by atoms with Crippen LogP contribution in [0.25, 0.3) is 0 Å². The van der Waals surface area contributed by atoms with Gasteiger partial charge in [-0.2, -0.15) is 0 Å². The molecular formula is C14H24N2O2S. The average Bonchev–Trinajstić information content (AvgIpc) is 2.72. The summed E-state index contributed by atoms with van der Waals surface area (Å²) < 4.78 is 0. The van der Waals surface area contributed by atoms with Crippen molar-refractivity contribution in [1.82, 2.24) is 9.88 Å². The molecule has 0 aromatic carbocycles. The summed E-state index contributed by atoms with van der Waals surface area (Å²) in [7, 11) is 0. The number of rotatable bonds is 8. The van der Waals surface area contributed by atoms with Gasteiger partial charge in [-0.3, -0.25) is 9.69 Å². The van der Waals surface area contributed by atoms with Crippen molar-refractivity contribution in [2.45, 2.75) is 53.1 Å². The van der Waals surface area contributed by atoms with Gasteiger partial charge in [-0.25, -0.2) is 4.98 Å². The summed E-state index contributed by atoms with van der Waals surface area (Å²) in [5.74, 6) is -0.101. The number of aliphatic carboxylic acids is 1. The quantitative estimate of drug-likeness (QED) is 0.797. The largest absolute Gasteiger partial charge is 0.480 e. The predicted octanol–water partition coefficient (Wildman–Crippen LogP) is 3.03. The summed E-state index contributed by atoms with van der Waals surface area (Å²) in [4.78, 5) is 17.3. The fraction of sp³-hybridized carbons (Fsp3) is 0.714. The van der Waals surface area contributed by atoms with Gasteiger partial charge in [0.1, 0.15) is 0 Å². The maximum absolute atomic E-state index is 10.8. The van der Waals surface area contributed by atoms with E-state index in [2.05, 4.69) is 18.8 Å². The van der Waals surface area contributed by atoms with E-state index in [-0.39, 0.29) is 12.6 Å². The average molecular weight is 284 g/mol. The van der Waals surface area contributed by atoms with Gasteiger partial charge in [-0.1, -0.05) is 13.8 Å². The summed E-state index contributed by atoms with van der Waals surface area (Å²) in [6.45, 7) is 9.12. The number of carboxylic acids is 1. The van der Waals surface area contributed by atoms with Gasteiger partial charge in [0.15, 0.2) is 0 Å². The molecule has 0 aliphatic carbocycles. The van der Waals surface area contributed by atoms with Gasteiger partial charge in [0.05, 0.1) is 17.2 Å². The fourth-order valence-corrected chi connectivity index (χ4v) is 2.56. The molecule has 0 bridgehead atoms. The van der Waals surface area contributed by atoms with E-state index in [1.165, 1.54) is 0 Å². The summed E-state index contributed by atoms with van der Waals surface area (Å²) in [6, 6.07) is 0.205. The van der Waals surface area contributed by atoms with Crippen LogP contribution in [0.5, 0.6) is 0 Å². The molecule has 0 radical (unpaired) electrons. The van der Waals surface area contributed by atoms with Gasteiger partial charge in [0, 0.05) is 18.0 Å². The van der Waals surface area contributed by atoms with E-state index in [1.807, 2.05) is 24.1 Å². The second kappa shape index (κ2) is 7.60. The Morgan fingerprint density at radius 1 is 1.42 bits per heavy atom. The molecule has 5 heteroatoms. The molecule has 1 aromatic heterocycles. The first kappa shape index (κ1) is 16.1. The van der Waals surface area contributed by atoms with Crippen LogP contribution >= 0.6 is 11.3 Å². The molecule has 0 atom stereocenters. The van der Waals surface area contributed by atoms with Crippen molar-refractivity contribution >= 4 is 17.3 Å². The molecule has 19 heavy (non-hydrogen) atoms. The number of hydrogen-bond donors (Lipinski definition) is 1. The first-order valence-corrected chi connectivity index (χ1v) is 7.65. The van der Waals surface area contributed by atoms with Crippen molar-refractivity contribution in [3.63, 3.8) is 0 Å². The summed E-state index contributed by atoms with van der Waals surface area (Å²) in [5, 5.41) is 12.1. The topological polar surface area (TPSA) is 53.4 Å². The lowest BCUT2D eigenvalue weighted by atomic mass is 10.1. The Bertz CT molecular complexity index is 402. The molecule has 0 saturated heterocycles. The Balaban J connectivity index is 2.57. The van der Waals surface area contributed by atoms with Crippen LogP contribution in [0.1, 0.15) is 44.8 Å². The number of nitrogens with zero attached hydrogens (tertiary/aromatic N) is 2. The Morgan fingerprint density at radius 3 is 2.63 bits per heavy atom. The second-order valence-electron chi connectivity index (χ2n) is 5.56. The van der Waals surface area contributed by atoms with Crippen molar-refractivity contribution in [3.05, 3.63) is 16.1 Å². The van der Waals surface area contributed by atoms with Crippen LogP contribution in [0.15, 0.2) is 5.38 Å². The molecule has 0 aliphatic heterocycles. The van der Waals surface area contributed by atoms with Gasteiger partial charge in [0.2, 0.25) is 0 Å². The Kier molecular flexibility index (Phi) is 6.45. The number of carboxylic acid groups (broad SMARTS) is 1. The van der Waals surface area contributed by atoms with Crippen LogP contribution in [0.3, 0.4) is 0 Å². The third-order valence-corrected chi connectivity index (χ3v) is 3.93. The minimum Gasteiger partial charge on any atom is -0.480 e. The number of aryl methyl sites for hydroxylation is 1. The van der Waals surface area contributed by atoms with Crippen LogP contribution < -0.4 is 0 Å². The molecule has 0 aliphatic rings. The molecule has 108 valence electrons. The summed E-state index contributed by atoms with van der Waals surface area (Å²) in [6.07, 6.45) is 2.17. The normalized spacial score (nSPS) is 11.7. The molecule has 0 fully saturated rings. The van der Waals surface area contributed by atoms with E-state index < -0.39 is 5.97 Å². The summed E-state index contributed by atoms with van der Waals surface area (Å²) in [5.41, 5.74) is 0.985. The highest BCUT2D eigenvalue weighted by molar-refractivity contribution is 7.09. The number of hydrogen-bond acceptors (Lipinski definition) is 4. The standard InChI is InChI=1S/C14H24N2O2S/c1-10(2)5-6-13-15-12(9-19-13)7-16(11(3)4)8-14(17)18/h9-11H,5-8H2,1-4H3,(H,17,18). The maximum atomic E-state index is 10.8. The van der Waals surface area contributed by atoms with Gasteiger partial charge < -0.3 is 5.11 Å². The van der Waals surface area contributed by atoms with Crippen LogP contribution in [0.4, 0.5) is 0 Å². The monoisotopic (exact) mass is 284 g/mol. The number of aromatic nitrogens is 1. The molecule has 0 saturated carbocycles. The van der Waals surface area contributed by atoms with Crippen LogP contribution in [-0.2, 0) is 17.8 Å². The lowest BCUT2D eigenvalue weighted by Gasteiger charge is -2.23. The Morgan fingerprint density at radius 2 is 2.11 bits per heavy atom. The lowest BCUT2D eigenvalue weighted by Crippen LogP contribution is -2.35. The molecule has 0 unspecified atom stereocenters. The fourth-order valence-electron chi connectivity index (χ4n) is 1.75. The molecule has 0 spiro atoms. The van der Waals surface area contributed by atoms with Gasteiger partial charge in [0.25, 0.3) is 0 Å². The Hall–Kier alpha value is -0.940. The molecule has 1 N–H and O–H groups in total. The van der Waals surface area contributed by atoms with E-state index in [4.69, 9.17) is 5.11 Å². The first-order valence-electron chi connectivity index (χ1n) is 6.77. The lowest BCUT2D eigenvalue weighted by molar-refractivity contribution is -0.138. The minimum absolute atomic E-state index is 0.0660. The van der Waals surface area contributed by atoms with Crippen LogP contribution in [-0.4, -0.2) is 33.5 Å². The second-order valence-corrected chi connectivity index (χ2v) is 6.50. The molecular weight excluding hydrogens is 260 g/mol. The molecule has 1 aromatic rings. The molecule has 1 rings (SSSR count). The van der Waals surface area contributed by atoms with E-state index in [0.717, 1.165) is 23.5 Å². The number of thiazole rings is 1. The SMILES string of the molecule is CC(C)CCc1nc(CN(CC(=O)O)C(C)C)cs1. The Labute approximate surface area is 119 Å². The summed E-state index contributed by atoms with van der Waals surface area (Å²) >= 11 is 1.68. The van der Waals surface area contributed by atoms with Crippen LogP contribution in [0.2, 0.25) is 0 Å². The van der Waals surface area contributed by atoms with E-state index in [0.29, 0.717) is 12.5 Å². The number of carbonyl (C=O) groups is 1. The highest BCUT2D eigenvalue weighted by Gasteiger charge is 2.15. The molecule has 4 nitrogen and oxygen atoms in total. The van der Waals surface area contributed by atoms with Crippen molar-refractivity contribution in [2.75, 3.05) is 6.54 Å². The van der Waals surface area contributed by atoms with E-state index >= 15 is 0 Å². The predicted molar refractivity (Wildman–Crippen MR) is 78.5 cm³/mol. The minimum atomic E-state index is -0.788. The van der Waals surface area contributed by atoms with Gasteiger partial charge in [-0.15, -0.1) is 11.3 Å². The van der Waals surface area contributed by atoms with Crippen molar-refractivity contribution in [2.24, 2.45) is 5.92 Å². The van der Waals surface area contributed by atoms with E-state index in [9.17, 15) is 4.79 Å². The molecule has 0 amide bonds. The smallest absolute Gasteiger partial charge is 0.317 e. The third kappa shape index (κ3) is 6.16. The highest BCUT2D eigenvalue weighted by Crippen LogP contribution is 2.16. The van der Waals surface area contributed by atoms with Gasteiger partial charge >= 0.3 is 5.97 Å².